The number of fused-ring (bicyclic) bond motifs is 3. The van der Waals surface area contributed by atoms with Gasteiger partial charge in [0, 0.05) is 0 Å². The van der Waals surface area contributed by atoms with Gasteiger partial charge in [-0.3, -0.25) is 0 Å². The fourth-order valence-electron chi connectivity index (χ4n) is 6.33. The van der Waals surface area contributed by atoms with Crippen LogP contribution in [0, 0.1) is 25.7 Å². The van der Waals surface area contributed by atoms with Crippen LogP contribution in [-0.2, 0) is 5.41 Å². The molecule has 0 N–H and O–H groups in total. The normalized spacial score (nSPS) is 14.3. The molecule has 1 heteroatoms. The molecule has 1 aliphatic carbocycles. The molecule has 196 valence electrons. The second-order valence-electron chi connectivity index (χ2n) is 11.8. The standard InChI is InChI=1S/C37H42O/c1-26(2)11-10-12-27(3)23-24-38-31-21-19-30(20-22-31)37(36-25-28(4)17-18-29(36)5)34-15-8-6-13-32(34)33-14-7-9-16-35(33)37/h6-9,13-22,25-27H,10-12,23-24H2,1-5H3. The zero-order valence-corrected chi connectivity index (χ0v) is 23.8. The van der Waals surface area contributed by atoms with Crippen LogP contribution in [0.3, 0.4) is 0 Å². The zero-order chi connectivity index (χ0) is 26.7. The SMILES string of the molecule is Cc1ccc(C)c(C2(c3ccc(OCCC(C)CCCC(C)C)cc3)c3ccccc3-c3ccccc32)c1. The van der Waals surface area contributed by atoms with Crippen molar-refractivity contribution in [2.45, 2.75) is 65.7 Å². The molecular weight excluding hydrogens is 460 g/mol. The first-order valence-electron chi connectivity index (χ1n) is 14.4. The molecule has 0 saturated heterocycles. The Morgan fingerprint density at radius 2 is 1.29 bits per heavy atom. The molecule has 0 spiro atoms. The van der Waals surface area contributed by atoms with Crippen molar-refractivity contribution in [3.63, 3.8) is 0 Å². The van der Waals surface area contributed by atoms with Crippen LogP contribution in [0.25, 0.3) is 11.1 Å². The summed E-state index contributed by atoms with van der Waals surface area (Å²) in [6, 6.07) is 33.7. The monoisotopic (exact) mass is 502 g/mol. The van der Waals surface area contributed by atoms with Gasteiger partial charge in [0.2, 0.25) is 0 Å². The molecule has 4 aromatic rings. The van der Waals surface area contributed by atoms with Crippen LogP contribution in [-0.4, -0.2) is 6.61 Å². The van der Waals surface area contributed by atoms with E-state index in [-0.39, 0.29) is 5.41 Å². The molecule has 0 radical (unpaired) electrons. The average Bonchev–Trinajstić information content (AvgIpc) is 3.21. The predicted molar refractivity (Wildman–Crippen MR) is 161 cm³/mol. The van der Waals surface area contributed by atoms with E-state index in [4.69, 9.17) is 4.74 Å². The van der Waals surface area contributed by atoms with Crippen molar-refractivity contribution in [1.82, 2.24) is 0 Å². The summed E-state index contributed by atoms with van der Waals surface area (Å²) in [5.74, 6) is 2.45. The van der Waals surface area contributed by atoms with Crippen LogP contribution in [0.1, 0.15) is 79.8 Å². The summed E-state index contributed by atoms with van der Waals surface area (Å²) in [5, 5.41) is 0. The van der Waals surface area contributed by atoms with Gasteiger partial charge in [0.05, 0.1) is 12.0 Å². The van der Waals surface area contributed by atoms with Crippen molar-refractivity contribution >= 4 is 0 Å². The van der Waals surface area contributed by atoms with Crippen molar-refractivity contribution in [1.29, 1.82) is 0 Å². The molecule has 1 atom stereocenters. The molecule has 1 aliphatic rings. The number of hydrogen-bond donors (Lipinski definition) is 0. The molecule has 5 rings (SSSR count). The highest BCUT2D eigenvalue weighted by molar-refractivity contribution is 5.86. The van der Waals surface area contributed by atoms with Gasteiger partial charge in [-0.15, -0.1) is 0 Å². The molecule has 0 heterocycles. The smallest absolute Gasteiger partial charge is 0.119 e. The number of hydrogen-bond acceptors (Lipinski definition) is 1. The molecule has 0 amide bonds. The Bertz CT molecular complexity index is 1330. The summed E-state index contributed by atoms with van der Waals surface area (Å²) < 4.78 is 6.24. The maximum Gasteiger partial charge on any atom is 0.119 e. The lowest BCUT2D eigenvalue weighted by atomic mass is 9.66. The van der Waals surface area contributed by atoms with E-state index in [2.05, 4.69) is 126 Å². The molecule has 1 unspecified atom stereocenters. The van der Waals surface area contributed by atoms with Gasteiger partial charge in [-0.2, -0.15) is 0 Å². The van der Waals surface area contributed by atoms with E-state index in [0.29, 0.717) is 5.92 Å². The molecule has 1 nitrogen and oxygen atoms in total. The zero-order valence-electron chi connectivity index (χ0n) is 23.8. The van der Waals surface area contributed by atoms with Crippen LogP contribution < -0.4 is 4.74 Å². The number of ether oxygens (including phenoxy) is 1. The van der Waals surface area contributed by atoms with Crippen LogP contribution >= 0.6 is 0 Å². The van der Waals surface area contributed by atoms with E-state index in [9.17, 15) is 0 Å². The van der Waals surface area contributed by atoms with E-state index < -0.39 is 0 Å². The molecule has 0 aromatic heterocycles. The summed E-state index contributed by atoms with van der Waals surface area (Å²) in [7, 11) is 0. The van der Waals surface area contributed by atoms with Crippen molar-refractivity contribution in [3.8, 4) is 16.9 Å². The third-order valence-corrected chi connectivity index (χ3v) is 8.39. The lowest BCUT2D eigenvalue weighted by Gasteiger charge is -2.35. The highest BCUT2D eigenvalue weighted by Gasteiger charge is 2.46. The van der Waals surface area contributed by atoms with Crippen molar-refractivity contribution < 1.29 is 4.74 Å². The summed E-state index contributed by atoms with van der Waals surface area (Å²) in [5.41, 5.74) is 10.3. The number of benzene rings is 4. The highest BCUT2D eigenvalue weighted by Crippen LogP contribution is 2.56. The van der Waals surface area contributed by atoms with Crippen LogP contribution in [0.15, 0.2) is 91.0 Å². The second-order valence-corrected chi connectivity index (χ2v) is 11.8. The average molecular weight is 503 g/mol. The Morgan fingerprint density at radius 1 is 0.658 bits per heavy atom. The maximum absolute atomic E-state index is 6.24. The van der Waals surface area contributed by atoms with Crippen LogP contribution in [0.2, 0.25) is 0 Å². The minimum Gasteiger partial charge on any atom is -0.494 e. The predicted octanol–water partition coefficient (Wildman–Crippen LogP) is 9.90. The summed E-state index contributed by atoms with van der Waals surface area (Å²) >= 11 is 0. The molecule has 0 saturated carbocycles. The topological polar surface area (TPSA) is 9.23 Å². The van der Waals surface area contributed by atoms with Gasteiger partial charge in [0.15, 0.2) is 0 Å². The lowest BCUT2D eigenvalue weighted by molar-refractivity contribution is 0.275. The fourth-order valence-corrected chi connectivity index (χ4v) is 6.33. The van der Waals surface area contributed by atoms with Gasteiger partial charge in [-0.05, 0) is 83.2 Å². The molecule has 0 fully saturated rings. The molecule has 0 bridgehead atoms. The summed E-state index contributed by atoms with van der Waals surface area (Å²) in [4.78, 5) is 0. The summed E-state index contributed by atoms with van der Waals surface area (Å²) in [6.07, 6.45) is 5.03. The summed E-state index contributed by atoms with van der Waals surface area (Å²) in [6.45, 7) is 12.2. The number of rotatable bonds is 10. The van der Waals surface area contributed by atoms with E-state index in [0.717, 1.165) is 24.7 Å². The van der Waals surface area contributed by atoms with Crippen molar-refractivity contribution in [2.75, 3.05) is 6.61 Å². The largest absolute Gasteiger partial charge is 0.494 e. The minimum atomic E-state index is -0.354. The first-order chi connectivity index (χ1) is 18.4. The maximum atomic E-state index is 6.24. The lowest BCUT2D eigenvalue weighted by Crippen LogP contribution is -2.29. The van der Waals surface area contributed by atoms with Gasteiger partial charge in [-0.25, -0.2) is 0 Å². The molecule has 38 heavy (non-hydrogen) atoms. The Morgan fingerprint density at radius 3 is 1.92 bits per heavy atom. The van der Waals surface area contributed by atoms with Gasteiger partial charge < -0.3 is 4.74 Å². The van der Waals surface area contributed by atoms with Gasteiger partial charge in [0.1, 0.15) is 5.75 Å². The fraction of sp³-hybridized carbons (Fsp3) is 0.351. The van der Waals surface area contributed by atoms with Crippen molar-refractivity contribution in [2.24, 2.45) is 11.8 Å². The van der Waals surface area contributed by atoms with Gasteiger partial charge >= 0.3 is 0 Å². The molecular formula is C37H42O. The third-order valence-electron chi connectivity index (χ3n) is 8.39. The quantitative estimate of drug-likeness (QED) is 0.185. The molecule has 4 aromatic carbocycles. The first-order valence-corrected chi connectivity index (χ1v) is 14.4. The molecule has 0 aliphatic heterocycles. The number of aryl methyl sites for hydroxylation is 2. The minimum absolute atomic E-state index is 0.354. The Hall–Kier alpha value is -3.32. The Labute approximate surface area is 229 Å². The van der Waals surface area contributed by atoms with E-state index in [1.54, 1.807) is 0 Å². The van der Waals surface area contributed by atoms with Crippen LogP contribution in [0.4, 0.5) is 0 Å². The van der Waals surface area contributed by atoms with Gasteiger partial charge in [0.25, 0.3) is 0 Å². The highest BCUT2D eigenvalue weighted by atomic mass is 16.5. The van der Waals surface area contributed by atoms with Gasteiger partial charge in [-0.1, -0.05) is 124 Å². The second kappa shape index (κ2) is 11.2. The van der Waals surface area contributed by atoms with E-state index >= 15 is 0 Å². The van der Waals surface area contributed by atoms with E-state index in [1.807, 2.05) is 0 Å². The van der Waals surface area contributed by atoms with E-state index in [1.165, 1.54) is 63.8 Å². The van der Waals surface area contributed by atoms with Crippen LogP contribution in [0.5, 0.6) is 5.75 Å². The Balaban J connectivity index is 1.49. The third kappa shape index (κ3) is 4.92. The van der Waals surface area contributed by atoms with Crippen molar-refractivity contribution in [3.05, 3.63) is 124 Å². The first kappa shape index (κ1) is 26.3. The Kier molecular flexibility index (Phi) is 7.75.